The summed E-state index contributed by atoms with van der Waals surface area (Å²) in [7, 11) is 1.59. The van der Waals surface area contributed by atoms with Crippen LogP contribution in [0.1, 0.15) is 5.56 Å². The lowest BCUT2D eigenvalue weighted by atomic mass is 10.2. The van der Waals surface area contributed by atoms with E-state index in [1.165, 1.54) is 29.5 Å². The van der Waals surface area contributed by atoms with Crippen molar-refractivity contribution in [3.05, 3.63) is 88.6 Å². The van der Waals surface area contributed by atoms with Crippen molar-refractivity contribution in [2.24, 2.45) is 0 Å². The standard InChI is InChI=1S/C25H19FN4O3S2/c1-33-18-9-7-15(8-10-18)13-30-24(32)22-21(19-6-3-11-27-23(19)35-22)29-25(30)34-14-20(31)28-17-5-2-4-16(26)12-17/h2-12H,13-14H2,1H3,(H,28,31). The largest absolute Gasteiger partial charge is 0.497 e. The van der Waals surface area contributed by atoms with Crippen LogP contribution in [-0.4, -0.2) is 33.3 Å². The lowest BCUT2D eigenvalue weighted by Crippen LogP contribution is -2.24. The Labute approximate surface area is 207 Å². The highest BCUT2D eigenvalue weighted by atomic mass is 32.2. The van der Waals surface area contributed by atoms with Gasteiger partial charge < -0.3 is 10.1 Å². The Hall–Kier alpha value is -3.76. The van der Waals surface area contributed by atoms with E-state index in [4.69, 9.17) is 9.72 Å². The number of thioether (sulfide) groups is 1. The van der Waals surface area contributed by atoms with E-state index in [-0.39, 0.29) is 23.8 Å². The molecular weight excluding hydrogens is 487 g/mol. The molecule has 176 valence electrons. The second kappa shape index (κ2) is 9.85. The van der Waals surface area contributed by atoms with Crippen LogP contribution in [0.25, 0.3) is 20.4 Å². The number of hydrogen-bond acceptors (Lipinski definition) is 7. The topological polar surface area (TPSA) is 86.1 Å². The molecule has 0 radical (unpaired) electrons. The molecule has 1 N–H and O–H groups in total. The van der Waals surface area contributed by atoms with Gasteiger partial charge in [0.1, 0.15) is 21.1 Å². The molecule has 0 aliphatic carbocycles. The maximum absolute atomic E-state index is 13.5. The van der Waals surface area contributed by atoms with Gasteiger partial charge in [0, 0.05) is 17.3 Å². The number of rotatable bonds is 7. The number of methoxy groups -OCH3 is 1. The Balaban J connectivity index is 1.50. The fourth-order valence-electron chi connectivity index (χ4n) is 3.60. The molecule has 1 amide bonds. The van der Waals surface area contributed by atoms with E-state index < -0.39 is 5.82 Å². The predicted molar refractivity (Wildman–Crippen MR) is 137 cm³/mol. The molecule has 0 spiro atoms. The number of carbonyl (C=O) groups is 1. The Bertz CT molecular complexity index is 1600. The van der Waals surface area contributed by atoms with E-state index in [0.29, 0.717) is 26.8 Å². The smallest absolute Gasteiger partial charge is 0.272 e. The monoisotopic (exact) mass is 506 g/mol. The minimum Gasteiger partial charge on any atom is -0.497 e. The zero-order chi connectivity index (χ0) is 24.4. The van der Waals surface area contributed by atoms with Gasteiger partial charge in [-0.15, -0.1) is 11.3 Å². The molecule has 0 fully saturated rings. The number of pyridine rings is 1. The van der Waals surface area contributed by atoms with Crippen molar-refractivity contribution in [2.45, 2.75) is 11.7 Å². The summed E-state index contributed by atoms with van der Waals surface area (Å²) in [5, 5.41) is 3.89. The predicted octanol–water partition coefficient (Wildman–Crippen LogP) is 4.93. The number of amides is 1. The van der Waals surface area contributed by atoms with Crippen LogP contribution in [-0.2, 0) is 11.3 Å². The van der Waals surface area contributed by atoms with Crippen LogP contribution in [0.15, 0.2) is 76.8 Å². The van der Waals surface area contributed by atoms with Gasteiger partial charge in [-0.1, -0.05) is 30.0 Å². The highest BCUT2D eigenvalue weighted by Gasteiger charge is 2.18. The van der Waals surface area contributed by atoms with E-state index in [0.717, 1.165) is 27.5 Å². The average molecular weight is 507 g/mol. The maximum atomic E-state index is 13.5. The summed E-state index contributed by atoms with van der Waals surface area (Å²) in [6.45, 7) is 0.279. The Morgan fingerprint density at radius 1 is 1.17 bits per heavy atom. The van der Waals surface area contributed by atoms with Gasteiger partial charge in [-0.05, 0) is 48.0 Å². The Morgan fingerprint density at radius 2 is 2.00 bits per heavy atom. The van der Waals surface area contributed by atoms with E-state index in [2.05, 4.69) is 10.3 Å². The fourth-order valence-corrected chi connectivity index (χ4v) is 5.42. The van der Waals surface area contributed by atoms with Gasteiger partial charge in [0.15, 0.2) is 5.16 Å². The normalized spacial score (nSPS) is 11.1. The van der Waals surface area contributed by atoms with Crippen molar-refractivity contribution in [1.82, 2.24) is 14.5 Å². The molecule has 35 heavy (non-hydrogen) atoms. The van der Waals surface area contributed by atoms with Crippen LogP contribution in [0.5, 0.6) is 5.75 Å². The summed E-state index contributed by atoms with van der Waals surface area (Å²) < 4.78 is 20.8. The lowest BCUT2D eigenvalue weighted by Gasteiger charge is -2.13. The van der Waals surface area contributed by atoms with E-state index in [9.17, 15) is 14.0 Å². The molecule has 7 nitrogen and oxygen atoms in total. The minimum absolute atomic E-state index is 0.00259. The fraction of sp³-hybridized carbons (Fsp3) is 0.120. The number of fused-ring (bicyclic) bond motifs is 3. The van der Waals surface area contributed by atoms with Crippen molar-refractivity contribution < 1.29 is 13.9 Å². The molecule has 5 aromatic rings. The van der Waals surface area contributed by atoms with Crippen molar-refractivity contribution in [3.63, 3.8) is 0 Å². The van der Waals surface area contributed by atoms with Crippen molar-refractivity contribution in [2.75, 3.05) is 18.2 Å². The van der Waals surface area contributed by atoms with E-state index in [1.54, 1.807) is 30.0 Å². The van der Waals surface area contributed by atoms with Crippen LogP contribution in [0.4, 0.5) is 10.1 Å². The summed E-state index contributed by atoms with van der Waals surface area (Å²) in [6.07, 6.45) is 1.68. The number of benzene rings is 2. The van der Waals surface area contributed by atoms with Gasteiger partial charge in [-0.25, -0.2) is 14.4 Å². The number of nitrogens with one attached hydrogen (secondary N) is 1. The van der Waals surface area contributed by atoms with Gasteiger partial charge in [-0.3, -0.25) is 14.2 Å². The number of nitrogens with zero attached hydrogens (tertiary/aromatic N) is 3. The molecule has 3 heterocycles. The molecule has 0 unspecified atom stereocenters. The molecular formula is C25H19FN4O3S2. The van der Waals surface area contributed by atoms with Gasteiger partial charge >= 0.3 is 0 Å². The van der Waals surface area contributed by atoms with Crippen molar-refractivity contribution in [3.8, 4) is 5.75 Å². The second-order valence-electron chi connectivity index (χ2n) is 7.62. The van der Waals surface area contributed by atoms with Crippen molar-refractivity contribution >= 4 is 55.1 Å². The van der Waals surface area contributed by atoms with E-state index in [1.807, 2.05) is 30.3 Å². The highest BCUT2D eigenvalue weighted by Crippen LogP contribution is 2.30. The van der Waals surface area contributed by atoms with Gasteiger partial charge in [0.25, 0.3) is 5.56 Å². The molecule has 0 saturated carbocycles. The van der Waals surface area contributed by atoms with Crippen LogP contribution in [0.2, 0.25) is 0 Å². The molecule has 3 aromatic heterocycles. The average Bonchev–Trinajstić information content (AvgIpc) is 3.24. The van der Waals surface area contributed by atoms with Gasteiger partial charge in [0.2, 0.25) is 5.91 Å². The first-order valence-corrected chi connectivity index (χ1v) is 12.4. The zero-order valence-electron chi connectivity index (χ0n) is 18.5. The molecule has 0 aliphatic rings. The number of ether oxygens (including phenoxy) is 1. The van der Waals surface area contributed by atoms with Gasteiger partial charge in [0.05, 0.1) is 24.9 Å². The molecule has 0 bridgehead atoms. The molecule has 0 saturated heterocycles. The first kappa shape index (κ1) is 23.0. The first-order valence-electron chi connectivity index (χ1n) is 10.6. The number of hydrogen-bond donors (Lipinski definition) is 1. The summed E-state index contributed by atoms with van der Waals surface area (Å²) in [4.78, 5) is 36.0. The third-order valence-corrected chi connectivity index (χ3v) is 7.33. The maximum Gasteiger partial charge on any atom is 0.272 e. The highest BCUT2D eigenvalue weighted by molar-refractivity contribution is 7.99. The first-order chi connectivity index (χ1) is 17.0. The summed E-state index contributed by atoms with van der Waals surface area (Å²) in [5.74, 6) is -0.0530. The van der Waals surface area contributed by atoms with Crippen LogP contribution < -0.4 is 15.6 Å². The van der Waals surface area contributed by atoms with Crippen LogP contribution in [0.3, 0.4) is 0 Å². The van der Waals surface area contributed by atoms with Crippen LogP contribution in [0, 0.1) is 5.82 Å². The third-order valence-electron chi connectivity index (χ3n) is 5.26. The Kier molecular flexibility index (Phi) is 6.47. The number of halogens is 1. The minimum atomic E-state index is -0.436. The zero-order valence-corrected chi connectivity index (χ0v) is 20.2. The third kappa shape index (κ3) is 4.89. The quantitative estimate of drug-likeness (QED) is 0.249. The molecule has 5 rings (SSSR count). The SMILES string of the molecule is COc1ccc(Cn2c(SCC(=O)Nc3cccc(F)c3)nc3c(sc4ncccc43)c2=O)cc1. The molecule has 0 atom stereocenters. The van der Waals surface area contributed by atoms with Gasteiger partial charge in [-0.2, -0.15) is 0 Å². The summed E-state index contributed by atoms with van der Waals surface area (Å²) in [6, 6.07) is 16.8. The number of thiophene rings is 1. The van der Waals surface area contributed by atoms with Crippen molar-refractivity contribution in [1.29, 1.82) is 0 Å². The number of aromatic nitrogens is 3. The summed E-state index contributed by atoms with van der Waals surface area (Å²) >= 11 is 2.46. The number of carbonyl (C=O) groups excluding carboxylic acids is 1. The Morgan fingerprint density at radius 3 is 2.77 bits per heavy atom. The molecule has 0 aliphatic heterocycles. The molecule has 10 heteroatoms. The van der Waals surface area contributed by atoms with E-state index >= 15 is 0 Å². The second-order valence-corrected chi connectivity index (χ2v) is 9.56. The lowest BCUT2D eigenvalue weighted by molar-refractivity contribution is -0.113. The number of anilines is 1. The summed E-state index contributed by atoms with van der Waals surface area (Å²) in [5.41, 5.74) is 1.63. The molecule has 2 aromatic carbocycles. The van der Waals surface area contributed by atoms with Crippen LogP contribution >= 0.6 is 23.1 Å².